The molecule has 1 heterocycles. The first-order chi connectivity index (χ1) is 13.8. The van der Waals surface area contributed by atoms with E-state index in [0.29, 0.717) is 0 Å². The van der Waals surface area contributed by atoms with Gasteiger partial charge in [0.2, 0.25) is 0 Å². The number of fused-ring (bicyclic) bond motifs is 1. The highest BCUT2D eigenvalue weighted by molar-refractivity contribution is 5.78. The van der Waals surface area contributed by atoms with E-state index in [-0.39, 0.29) is 29.6 Å². The van der Waals surface area contributed by atoms with Crippen LogP contribution in [0.25, 0.3) is 0 Å². The Balaban J connectivity index is 1.72. The summed E-state index contributed by atoms with van der Waals surface area (Å²) in [5.41, 5.74) is 1.84. The molecule has 0 unspecified atom stereocenters. The Morgan fingerprint density at radius 3 is 2.45 bits per heavy atom. The lowest BCUT2D eigenvalue weighted by Crippen LogP contribution is -2.45. The highest BCUT2D eigenvalue weighted by Crippen LogP contribution is 2.42. The Morgan fingerprint density at radius 2 is 1.76 bits per heavy atom. The van der Waals surface area contributed by atoms with Crippen molar-refractivity contribution in [1.29, 1.82) is 0 Å². The molecule has 0 aliphatic carbocycles. The summed E-state index contributed by atoms with van der Waals surface area (Å²) in [6.45, 7) is 10.7. The van der Waals surface area contributed by atoms with Gasteiger partial charge in [0, 0.05) is 12.0 Å². The number of benzene rings is 2. The molecule has 0 radical (unpaired) electrons. The van der Waals surface area contributed by atoms with Crippen molar-refractivity contribution in [2.45, 2.75) is 70.9 Å². The van der Waals surface area contributed by atoms with Gasteiger partial charge in [0.25, 0.3) is 5.91 Å². The lowest BCUT2D eigenvalue weighted by Gasteiger charge is -2.41. The second kappa shape index (κ2) is 8.48. The lowest BCUT2D eigenvalue weighted by atomic mass is 9.83. The Labute approximate surface area is 174 Å². The van der Waals surface area contributed by atoms with Gasteiger partial charge in [0.15, 0.2) is 6.61 Å². The molecule has 4 heteroatoms. The summed E-state index contributed by atoms with van der Waals surface area (Å²) in [6, 6.07) is 15.8. The fourth-order valence-electron chi connectivity index (χ4n) is 4.02. The standard InChI is InChI=1S/C25H33NO3/c1-6-25(7-2)16-20(18-12-8-10-14-21(18)29-25)26-23(27)17-28-22-15-11-9-13-19(22)24(3,4)5/h8-15,20H,6-7,16-17H2,1-5H3,(H,26,27)/t20-/m0/s1. The van der Waals surface area contributed by atoms with Gasteiger partial charge in [-0.15, -0.1) is 0 Å². The zero-order chi connectivity index (χ0) is 21.1. The first-order valence-electron chi connectivity index (χ1n) is 10.6. The molecule has 0 saturated carbocycles. The number of ether oxygens (including phenoxy) is 2. The van der Waals surface area contributed by atoms with Crippen LogP contribution in [-0.2, 0) is 10.2 Å². The van der Waals surface area contributed by atoms with Crippen LogP contribution >= 0.6 is 0 Å². The van der Waals surface area contributed by atoms with Gasteiger partial charge in [0.05, 0.1) is 6.04 Å². The predicted octanol–water partition coefficient (Wildman–Crippen LogP) is 5.56. The molecule has 0 aromatic heterocycles. The Kier molecular flexibility index (Phi) is 6.21. The minimum absolute atomic E-state index is 0.00212. The first kappa shape index (κ1) is 21.2. The Morgan fingerprint density at radius 1 is 1.10 bits per heavy atom. The first-order valence-corrected chi connectivity index (χ1v) is 10.6. The number of para-hydroxylation sites is 2. The number of carbonyl (C=O) groups excluding carboxylic acids is 1. The highest BCUT2D eigenvalue weighted by atomic mass is 16.5. The second-order valence-electron chi connectivity index (χ2n) is 8.89. The summed E-state index contributed by atoms with van der Waals surface area (Å²) in [5.74, 6) is 1.52. The van der Waals surface area contributed by atoms with Crippen molar-refractivity contribution in [1.82, 2.24) is 5.32 Å². The van der Waals surface area contributed by atoms with Crippen LogP contribution in [0.5, 0.6) is 11.5 Å². The zero-order valence-corrected chi connectivity index (χ0v) is 18.2. The Bertz CT molecular complexity index is 849. The van der Waals surface area contributed by atoms with Gasteiger partial charge in [-0.1, -0.05) is 71.0 Å². The third-order valence-electron chi connectivity index (χ3n) is 5.87. The van der Waals surface area contributed by atoms with Gasteiger partial charge in [-0.05, 0) is 36.0 Å². The van der Waals surface area contributed by atoms with Crippen LogP contribution in [-0.4, -0.2) is 18.1 Å². The average Bonchev–Trinajstić information content (AvgIpc) is 2.71. The van der Waals surface area contributed by atoms with E-state index in [1.54, 1.807) is 0 Å². The monoisotopic (exact) mass is 395 g/mol. The minimum atomic E-state index is -0.244. The number of rotatable bonds is 6. The topological polar surface area (TPSA) is 47.6 Å². The summed E-state index contributed by atoms with van der Waals surface area (Å²) in [6.07, 6.45) is 2.57. The minimum Gasteiger partial charge on any atom is -0.487 e. The van der Waals surface area contributed by atoms with E-state index >= 15 is 0 Å². The molecule has 0 fully saturated rings. The van der Waals surface area contributed by atoms with Crippen LogP contribution in [0.4, 0.5) is 0 Å². The molecule has 4 nitrogen and oxygen atoms in total. The van der Waals surface area contributed by atoms with Crippen LogP contribution in [0.1, 0.15) is 71.0 Å². The fraction of sp³-hybridized carbons (Fsp3) is 0.480. The molecule has 1 aliphatic heterocycles. The molecular weight excluding hydrogens is 362 g/mol. The summed E-state index contributed by atoms with van der Waals surface area (Å²) in [5, 5.41) is 3.18. The third-order valence-corrected chi connectivity index (χ3v) is 5.87. The van der Waals surface area contributed by atoms with E-state index in [4.69, 9.17) is 9.47 Å². The SMILES string of the molecule is CCC1(CC)C[C@H](NC(=O)COc2ccccc2C(C)(C)C)c2ccccc2O1. The summed E-state index contributed by atoms with van der Waals surface area (Å²) in [4.78, 5) is 12.8. The van der Waals surface area contributed by atoms with Crippen LogP contribution in [0.15, 0.2) is 48.5 Å². The number of nitrogens with one attached hydrogen (secondary N) is 1. The van der Waals surface area contributed by atoms with Crippen LogP contribution in [0.2, 0.25) is 0 Å². The molecular formula is C25H33NO3. The molecule has 29 heavy (non-hydrogen) atoms. The largest absolute Gasteiger partial charge is 0.487 e. The smallest absolute Gasteiger partial charge is 0.258 e. The summed E-state index contributed by atoms with van der Waals surface area (Å²) >= 11 is 0. The van der Waals surface area contributed by atoms with Gasteiger partial charge in [0.1, 0.15) is 17.1 Å². The molecule has 3 rings (SSSR count). The molecule has 1 N–H and O–H groups in total. The zero-order valence-electron chi connectivity index (χ0n) is 18.2. The van der Waals surface area contributed by atoms with Crippen molar-refractivity contribution in [3.63, 3.8) is 0 Å². The van der Waals surface area contributed by atoms with Gasteiger partial charge in [-0.2, -0.15) is 0 Å². The molecule has 1 amide bonds. The van der Waals surface area contributed by atoms with Crippen molar-refractivity contribution < 1.29 is 14.3 Å². The molecule has 0 spiro atoms. The fourth-order valence-corrected chi connectivity index (χ4v) is 4.02. The number of hydrogen-bond acceptors (Lipinski definition) is 3. The van der Waals surface area contributed by atoms with E-state index in [1.165, 1.54) is 0 Å². The van der Waals surface area contributed by atoms with Crippen LogP contribution in [0, 0.1) is 0 Å². The normalized spacial score (nSPS) is 17.8. The van der Waals surface area contributed by atoms with E-state index in [2.05, 4.69) is 46.0 Å². The van der Waals surface area contributed by atoms with Gasteiger partial charge >= 0.3 is 0 Å². The van der Waals surface area contributed by atoms with E-state index < -0.39 is 0 Å². The molecule has 2 aromatic carbocycles. The molecule has 1 aliphatic rings. The molecule has 2 aromatic rings. The van der Waals surface area contributed by atoms with Crippen molar-refractivity contribution >= 4 is 5.91 Å². The van der Waals surface area contributed by atoms with Gasteiger partial charge in [-0.3, -0.25) is 4.79 Å². The second-order valence-corrected chi connectivity index (χ2v) is 8.89. The predicted molar refractivity (Wildman–Crippen MR) is 117 cm³/mol. The van der Waals surface area contributed by atoms with Crippen LogP contribution < -0.4 is 14.8 Å². The number of amides is 1. The van der Waals surface area contributed by atoms with Crippen molar-refractivity contribution in [2.75, 3.05) is 6.61 Å². The van der Waals surface area contributed by atoms with Crippen molar-refractivity contribution in [2.24, 2.45) is 0 Å². The maximum Gasteiger partial charge on any atom is 0.258 e. The van der Waals surface area contributed by atoms with Crippen LogP contribution in [0.3, 0.4) is 0 Å². The van der Waals surface area contributed by atoms with Gasteiger partial charge < -0.3 is 14.8 Å². The van der Waals surface area contributed by atoms with E-state index in [9.17, 15) is 4.79 Å². The quantitative estimate of drug-likeness (QED) is 0.696. The van der Waals surface area contributed by atoms with Gasteiger partial charge in [-0.25, -0.2) is 0 Å². The number of carbonyl (C=O) groups is 1. The van der Waals surface area contributed by atoms with Crippen molar-refractivity contribution in [3.05, 3.63) is 59.7 Å². The molecule has 1 atom stereocenters. The molecule has 0 bridgehead atoms. The molecule has 156 valence electrons. The maximum atomic E-state index is 12.8. The van der Waals surface area contributed by atoms with E-state index in [1.807, 2.05) is 42.5 Å². The van der Waals surface area contributed by atoms with E-state index in [0.717, 1.165) is 41.9 Å². The molecule has 0 saturated heterocycles. The average molecular weight is 396 g/mol. The number of hydrogen-bond donors (Lipinski definition) is 1. The third kappa shape index (κ3) is 4.75. The van der Waals surface area contributed by atoms with Crippen molar-refractivity contribution in [3.8, 4) is 11.5 Å². The lowest BCUT2D eigenvalue weighted by molar-refractivity contribution is -0.124. The summed E-state index contributed by atoms with van der Waals surface area (Å²) < 4.78 is 12.2. The maximum absolute atomic E-state index is 12.8. The highest BCUT2D eigenvalue weighted by Gasteiger charge is 2.38. The Hall–Kier alpha value is -2.49. The summed E-state index contributed by atoms with van der Waals surface area (Å²) in [7, 11) is 0.